The van der Waals surface area contributed by atoms with Crippen molar-refractivity contribution in [1.29, 1.82) is 21.0 Å². The summed E-state index contributed by atoms with van der Waals surface area (Å²) in [5.74, 6) is 6.93. The number of unbranched alkanes of at least 4 members (excludes halogenated alkanes) is 2. The summed E-state index contributed by atoms with van der Waals surface area (Å²) in [5.41, 5.74) is 2.13. The largest absolute Gasteiger partial charge is 0.492 e. The van der Waals surface area contributed by atoms with Crippen LogP contribution >= 0.6 is 68.0 Å². The number of hydrogen-bond acceptors (Lipinski definition) is 16. The highest BCUT2D eigenvalue weighted by molar-refractivity contribution is 7.31. The van der Waals surface area contributed by atoms with E-state index < -0.39 is 22.8 Å². The van der Waals surface area contributed by atoms with Crippen molar-refractivity contribution in [2.24, 2.45) is 59.2 Å². The van der Waals surface area contributed by atoms with Crippen LogP contribution < -0.4 is 18.9 Å². The average molecular weight is 1880 g/mol. The second kappa shape index (κ2) is 46.3. The normalized spacial score (nSPS) is 18.0. The first-order chi connectivity index (χ1) is 63.5. The van der Waals surface area contributed by atoms with E-state index in [4.69, 9.17) is 45.2 Å². The molecule has 6 aromatic heterocycles. The van der Waals surface area contributed by atoms with Gasteiger partial charge in [-0.3, -0.25) is 19.3 Å². The van der Waals surface area contributed by atoms with Crippen LogP contribution in [0.5, 0.6) is 23.0 Å². The monoisotopic (exact) mass is 1870 g/mol. The van der Waals surface area contributed by atoms with Crippen molar-refractivity contribution in [2.75, 3.05) is 13.2 Å². The second-order valence-corrected chi connectivity index (χ2v) is 45.8. The number of nitriles is 4. The van der Waals surface area contributed by atoms with E-state index in [-0.39, 0.29) is 84.7 Å². The summed E-state index contributed by atoms with van der Waals surface area (Å²) >= 11 is 10.2. The van der Waals surface area contributed by atoms with Crippen molar-refractivity contribution in [3.05, 3.63) is 183 Å². The second-order valence-electron chi connectivity index (χ2n) is 39.5. The van der Waals surface area contributed by atoms with Crippen LogP contribution in [0.15, 0.2) is 83.2 Å². The van der Waals surface area contributed by atoms with Crippen LogP contribution in [0.2, 0.25) is 0 Å². The summed E-state index contributed by atoms with van der Waals surface area (Å²) in [5, 5.41) is 41.6. The predicted octanol–water partition coefficient (Wildman–Crippen LogP) is 35.4. The number of thiophene rings is 6. The zero-order valence-corrected chi connectivity index (χ0v) is 85.3. The predicted molar refractivity (Wildman–Crippen MR) is 549 cm³/mol. The lowest BCUT2D eigenvalue weighted by atomic mass is 9.78. The van der Waals surface area contributed by atoms with Crippen LogP contribution in [0.25, 0.3) is 91.4 Å². The fourth-order valence-electron chi connectivity index (χ4n) is 19.2. The molecule has 132 heavy (non-hydrogen) atoms. The smallest absolute Gasteiger partial charge is 0.270 e. The number of fused-ring (bicyclic) bond motifs is 8. The third-order valence-corrected chi connectivity index (χ3v) is 34.9. The Morgan fingerprint density at radius 1 is 0.402 bits per heavy atom. The Bertz CT molecular complexity index is 5570. The Morgan fingerprint density at radius 3 is 1.07 bits per heavy atom. The minimum Gasteiger partial charge on any atom is -0.492 e. The van der Waals surface area contributed by atoms with E-state index >= 15 is 0 Å². The molecule has 2 aliphatic carbocycles. The number of carbonyl (C=O) groups is 2. The molecule has 6 unspecified atom stereocenters. The third kappa shape index (κ3) is 23.3. The topological polar surface area (TPSA) is 184 Å². The van der Waals surface area contributed by atoms with Crippen LogP contribution in [0.3, 0.4) is 0 Å². The van der Waals surface area contributed by atoms with Crippen molar-refractivity contribution in [3.8, 4) is 96.0 Å². The van der Waals surface area contributed by atoms with E-state index in [1.807, 2.05) is 34.8 Å². The lowest BCUT2D eigenvalue weighted by molar-refractivity contribution is 0.0322. The van der Waals surface area contributed by atoms with E-state index in [2.05, 4.69) is 179 Å². The molecule has 2 aromatic carbocycles. The Morgan fingerprint density at radius 2 is 0.742 bits per heavy atom. The van der Waals surface area contributed by atoms with Gasteiger partial charge in [-0.25, -0.2) is 20.2 Å². The molecule has 20 heteroatoms. The standard InChI is InChI=1S/C112H130N8O6S6/c1-21-25-39-75(23-3)65-123-93-53-79(51-85-101(91(63-115)119-19)81-49-77(61-113)78(62-114)50-83(81)103(85)121)127-107(93)99-59-95-109(131-99)105-87(111(125-95,45-41-71(13)35-27-31-67(5)6)46-42-72(14)36-28-32-68(7)8)57-97(129-105)98-58-88-106(130-98)110-96(126-112(88,47-43-73(15)37-29-33-69(9)10)48-44-74(16)38-30-34-70(11)12)60-100(132-110)108-94(124-66-76(24-4)40-26-22-2)54-80(128-108)52-86-102(92(64-116)120-20)82-55-89(117-17)90(118-18)56-84(82)104(86)122/h49-60,67-76H,21-48,65-66H2,1-16H3/b85-51-,86-52-,101-91?,102-92+. The minimum atomic E-state index is -0.712. The summed E-state index contributed by atoms with van der Waals surface area (Å²) in [7, 11) is 0. The molecule has 4 aliphatic rings. The molecule has 690 valence electrons. The highest BCUT2D eigenvalue weighted by Crippen LogP contribution is 2.64. The van der Waals surface area contributed by atoms with Crippen LogP contribution in [-0.2, 0) is 11.2 Å². The number of hydrogen-bond donors (Lipinski definition) is 0. The molecular weight excluding hydrogens is 1750 g/mol. The van der Waals surface area contributed by atoms with Crippen molar-refractivity contribution >= 4 is 114 Å². The summed E-state index contributed by atoms with van der Waals surface area (Å²) < 4.78 is 30.5. The van der Waals surface area contributed by atoms with Gasteiger partial charge in [-0.05, 0) is 183 Å². The van der Waals surface area contributed by atoms with E-state index in [1.54, 1.807) is 34.8 Å². The van der Waals surface area contributed by atoms with E-state index in [1.165, 1.54) is 103 Å². The van der Waals surface area contributed by atoms with Gasteiger partial charge in [0.05, 0.1) is 102 Å². The molecule has 8 heterocycles. The van der Waals surface area contributed by atoms with Crippen molar-refractivity contribution in [3.63, 3.8) is 0 Å². The van der Waals surface area contributed by atoms with Gasteiger partial charge in [0.2, 0.25) is 0 Å². The quantitative estimate of drug-likeness (QED) is 0.0202. The molecule has 14 nitrogen and oxygen atoms in total. The molecule has 0 radical (unpaired) electrons. The average Bonchev–Trinajstić information content (AvgIpc) is 1.55. The summed E-state index contributed by atoms with van der Waals surface area (Å²) in [4.78, 5) is 56.3. The van der Waals surface area contributed by atoms with Gasteiger partial charge in [-0.2, -0.15) is 10.5 Å². The Hall–Kier alpha value is -9.94. The highest BCUT2D eigenvalue weighted by atomic mass is 32.1. The Labute approximate surface area is 810 Å². The minimum absolute atomic E-state index is 0.0306. The zero-order valence-electron chi connectivity index (χ0n) is 80.4. The first-order valence-corrected chi connectivity index (χ1v) is 53.4. The van der Waals surface area contributed by atoms with Gasteiger partial charge in [0.1, 0.15) is 46.3 Å². The maximum Gasteiger partial charge on any atom is 0.270 e. The lowest BCUT2D eigenvalue weighted by Gasteiger charge is -2.39. The number of ketones is 2. The number of rotatable bonds is 47. The summed E-state index contributed by atoms with van der Waals surface area (Å²) in [6, 6.07) is 27.6. The van der Waals surface area contributed by atoms with E-state index in [0.717, 1.165) is 195 Å². The van der Waals surface area contributed by atoms with Crippen LogP contribution in [-0.4, -0.2) is 24.8 Å². The van der Waals surface area contributed by atoms with Gasteiger partial charge in [0.15, 0.2) is 22.9 Å². The summed E-state index contributed by atoms with van der Waals surface area (Å²) in [6.07, 6.45) is 32.7. The molecule has 0 amide bonds. The SMILES string of the molecule is [C-]#[N+]C(C#N)=C1/C(=C/c2cc(OCC(CC)CCCC)c(-c3cc4c(s3)-c3sc(-c5cc6c(s5)-c5sc(-c7sc(/C=C8\C(=O)c9cc([N+]#[C-])c([N+]#[C-])cc9\C8=C(\C#N)[N+]#[C-])cc7OCC(CC)CCCC)cc5OC6(CCC(C)CCCC(C)C)CCC(C)CCCC(C)C)cc3C(CCC(C)CCCC(C)C)(CCC(C)CCCC(C)C)O4)s2)C(=O)c2cc(C#N)c(C#N)cc21. The molecule has 0 bridgehead atoms. The molecule has 0 saturated carbocycles. The van der Waals surface area contributed by atoms with Crippen LogP contribution in [0.4, 0.5) is 11.4 Å². The molecule has 12 rings (SSSR count). The molecular formula is C112H130N8O6S6. The van der Waals surface area contributed by atoms with E-state index in [9.17, 15) is 30.6 Å². The lowest BCUT2D eigenvalue weighted by Crippen LogP contribution is -2.36. The molecule has 0 N–H and O–H groups in total. The third-order valence-electron chi connectivity index (χ3n) is 27.4. The molecule has 0 spiro atoms. The van der Waals surface area contributed by atoms with Crippen molar-refractivity contribution < 1.29 is 28.5 Å². The van der Waals surface area contributed by atoms with Crippen LogP contribution in [0.1, 0.15) is 354 Å². The van der Waals surface area contributed by atoms with Gasteiger partial charge in [0.25, 0.3) is 11.4 Å². The highest BCUT2D eigenvalue weighted by Gasteiger charge is 2.48. The maximum atomic E-state index is 14.9. The Kier molecular flexibility index (Phi) is 35.5. The number of nitrogens with zero attached hydrogens (tertiary/aromatic N) is 8. The van der Waals surface area contributed by atoms with Gasteiger partial charge in [-0.15, -0.1) is 68.0 Å². The first kappa shape index (κ1) is 101. The maximum absolute atomic E-state index is 14.9. The number of ether oxygens (including phenoxy) is 4. The van der Waals surface area contributed by atoms with Gasteiger partial charge < -0.3 is 18.9 Å². The molecule has 0 fully saturated rings. The number of Topliss-reactive ketones (excluding diaryl/α,β-unsaturated/α-hetero) is 2. The molecule has 2 aliphatic heterocycles. The van der Waals surface area contributed by atoms with Crippen molar-refractivity contribution in [2.45, 2.75) is 302 Å². The summed E-state index contributed by atoms with van der Waals surface area (Å²) in [6.45, 7) is 70.5. The molecule has 6 atom stereocenters. The van der Waals surface area contributed by atoms with E-state index in [0.29, 0.717) is 87.4 Å². The first-order valence-electron chi connectivity index (χ1n) is 48.5. The zero-order chi connectivity index (χ0) is 94.8. The molecule has 8 aromatic rings. The number of carbonyl (C=O) groups excluding carboxylic acids is 2. The Balaban J connectivity index is 1.08. The number of benzene rings is 2. The fraction of sp³-hybridized carbons (Fsp3) is 0.518. The number of allylic oxidation sites excluding steroid dienone is 6. The fourth-order valence-corrected chi connectivity index (χ4v) is 26.5. The van der Waals surface area contributed by atoms with Gasteiger partial charge in [0, 0.05) is 76.2 Å². The van der Waals surface area contributed by atoms with Gasteiger partial charge >= 0.3 is 0 Å². The van der Waals surface area contributed by atoms with Crippen molar-refractivity contribution in [1.82, 2.24) is 0 Å². The molecule has 0 saturated heterocycles. The van der Waals surface area contributed by atoms with Crippen LogP contribution in [0, 0.1) is 131 Å². The van der Waals surface area contributed by atoms with Gasteiger partial charge in [-0.1, -0.05) is 238 Å².